The Morgan fingerprint density at radius 2 is 1.68 bits per heavy atom. The van der Waals surface area contributed by atoms with Crippen LogP contribution in [0.4, 0.5) is 0 Å². The topological polar surface area (TPSA) is 161 Å². The van der Waals surface area contributed by atoms with Crippen LogP contribution in [0.1, 0.15) is 37.0 Å². The van der Waals surface area contributed by atoms with Gasteiger partial charge in [0.05, 0.1) is 31.5 Å². The number of carbonyl (C=O) groups excluding carboxylic acids is 5. The molecule has 4 atom stereocenters. The maximum atomic E-state index is 13.7. The van der Waals surface area contributed by atoms with Gasteiger partial charge in [0.1, 0.15) is 70.5 Å². The fourth-order valence-electron chi connectivity index (χ4n) is 9.85. The number of carbonyl (C=O) groups is 5. The molecule has 5 heterocycles. The average Bonchev–Trinajstić information content (AvgIpc) is 3.67. The maximum absolute atomic E-state index is 13.7. The Morgan fingerprint density at radius 1 is 0.966 bits per heavy atom. The third kappa shape index (κ3) is 7.84. The number of ether oxygens (including phenoxy) is 3. The number of fused-ring (bicyclic) bond motifs is 7. The van der Waals surface area contributed by atoms with Gasteiger partial charge in [-0.1, -0.05) is 62.9 Å². The predicted octanol–water partition coefficient (Wildman–Crippen LogP) is 3.49. The second-order valence-electron chi connectivity index (χ2n) is 16.4. The van der Waals surface area contributed by atoms with E-state index in [2.05, 4.69) is 31.4 Å². The van der Waals surface area contributed by atoms with Gasteiger partial charge in [0.15, 0.2) is 6.54 Å². The number of esters is 2. The maximum Gasteiger partial charge on any atom is 0.355 e. The van der Waals surface area contributed by atoms with Crippen molar-refractivity contribution in [1.29, 1.82) is 0 Å². The molecule has 59 heavy (non-hydrogen) atoms. The zero-order valence-electron chi connectivity index (χ0n) is 34.1. The third-order valence-electron chi connectivity index (χ3n) is 13.1. The van der Waals surface area contributed by atoms with Crippen molar-refractivity contribution in [1.82, 2.24) is 4.90 Å². The van der Waals surface area contributed by atoms with Crippen LogP contribution in [0.15, 0.2) is 79.1 Å². The second kappa shape index (κ2) is 17.0. The molecule has 5 aliphatic heterocycles. The van der Waals surface area contributed by atoms with Crippen LogP contribution < -0.4 is 10.5 Å². The van der Waals surface area contributed by atoms with Crippen LogP contribution in [0.2, 0.25) is 0 Å². The van der Waals surface area contributed by atoms with E-state index in [1.54, 1.807) is 6.92 Å². The van der Waals surface area contributed by atoms with Gasteiger partial charge in [-0.3, -0.25) is 14.5 Å². The number of benzene rings is 2. The Labute approximate surface area is 344 Å². The molecule has 2 aromatic rings. The number of methoxy groups -OCH3 is 1. The average molecular weight is 811 g/mol. The van der Waals surface area contributed by atoms with Crippen molar-refractivity contribution in [2.45, 2.75) is 32.7 Å². The molecule has 0 spiro atoms. The third-order valence-corrected chi connectivity index (χ3v) is 13.1. The molecule has 14 nitrogen and oxygen atoms in total. The van der Waals surface area contributed by atoms with E-state index in [0.717, 1.165) is 101 Å². The predicted molar refractivity (Wildman–Crippen MR) is 216 cm³/mol. The number of nitrogens with two attached hydrogens (primary N) is 1. The zero-order valence-corrected chi connectivity index (χ0v) is 34.1. The first kappa shape index (κ1) is 41.6. The highest BCUT2D eigenvalue weighted by atomic mass is 17.2. The fourth-order valence-corrected chi connectivity index (χ4v) is 9.85. The molecule has 0 radical (unpaired) electrons. The Balaban J connectivity index is 1.12. The molecule has 6 aliphatic rings. The zero-order chi connectivity index (χ0) is 42.1. The van der Waals surface area contributed by atoms with Crippen LogP contribution in [0.5, 0.6) is 5.75 Å². The van der Waals surface area contributed by atoms with Gasteiger partial charge in [-0.05, 0) is 40.3 Å². The van der Waals surface area contributed by atoms with Crippen LogP contribution in [-0.4, -0.2) is 129 Å². The number of nitrogens with zero attached hydrogens (tertiary/aromatic N) is 3. The van der Waals surface area contributed by atoms with E-state index in [0.29, 0.717) is 17.9 Å². The number of hydrogen-bond acceptors (Lipinski definition) is 10. The fraction of sp³-hybridized carbons (Fsp3) is 0.444. The summed E-state index contributed by atoms with van der Waals surface area (Å²) in [4.78, 5) is 75.7. The van der Waals surface area contributed by atoms with Crippen LogP contribution in [-0.2, 0) is 49.6 Å². The first-order valence-corrected chi connectivity index (χ1v) is 20.3. The van der Waals surface area contributed by atoms with Crippen molar-refractivity contribution in [2.75, 3.05) is 79.3 Å². The molecule has 14 heteroatoms. The van der Waals surface area contributed by atoms with Gasteiger partial charge in [0, 0.05) is 29.6 Å². The number of rotatable bonds is 18. The number of hydrogen-bond donors (Lipinski definition) is 1. The lowest BCUT2D eigenvalue weighted by Gasteiger charge is -2.55. The van der Waals surface area contributed by atoms with Crippen molar-refractivity contribution >= 4 is 35.3 Å². The monoisotopic (exact) mass is 810 g/mol. The van der Waals surface area contributed by atoms with E-state index >= 15 is 0 Å². The van der Waals surface area contributed by atoms with E-state index < -0.39 is 41.7 Å². The van der Waals surface area contributed by atoms with E-state index in [9.17, 15) is 24.0 Å². The summed E-state index contributed by atoms with van der Waals surface area (Å²) in [5.74, 6) is -3.90. The summed E-state index contributed by atoms with van der Waals surface area (Å²) in [6, 6.07) is 11.5. The van der Waals surface area contributed by atoms with Crippen LogP contribution in [0.25, 0.3) is 16.7 Å². The van der Waals surface area contributed by atoms with Crippen molar-refractivity contribution in [3.05, 3.63) is 95.7 Å². The molecule has 8 rings (SSSR count). The minimum Gasteiger partial charge on any atom is -0.488 e. The molecule has 2 aromatic carbocycles. The highest BCUT2D eigenvalue weighted by Gasteiger charge is 2.61. The minimum atomic E-state index is -0.844. The van der Waals surface area contributed by atoms with Crippen LogP contribution in [0, 0.1) is 17.8 Å². The Kier molecular flexibility index (Phi) is 12.0. The van der Waals surface area contributed by atoms with Gasteiger partial charge >= 0.3 is 17.9 Å². The lowest BCUT2D eigenvalue weighted by molar-refractivity contribution is -1.08. The molecule has 4 saturated heterocycles. The molecule has 2 amide bonds. The van der Waals surface area contributed by atoms with Gasteiger partial charge in [0.2, 0.25) is 5.91 Å². The second-order valence-corrected chi connectivity index (χ2v) is 16.4. The lowest BCUT2D eigenvalue weighted by Crippen LogP contribution is -2.76. The first-order valence-electron chi connectivity index (χ1n) is 20.3. The number of quaternary nitrogens is 2. The van der Waals surface area contributed by atoms with E-state index in [1.807, 2.05) is 25.1 Å². The van der Waals surface area contributed by atoms with Gasteiger partial charge in [0.25, 0.3) is 5.91 Å². The smallest absolute Gasteiger partial charge is 0.355 e. The van der Waals surface area contributed by atoms with Gasteiger partial charge < -0.3 is 33.8 Å². The van der Waals surface area contributed by atoms with E-state index in [4.69, 9.17) is 29.7 Å². The van der Waals surface area contributed by atoms with Gasteiger partial charge in [-0.25, -0.2) is 14.4 Å². The van der Waals surface area contributed by atoms with Crippen LogP contribution >= 0.6 is 0 Å². The number of piperazine rings is 3. The minimum absolute atomic E-state index is 0.00283. The largest absolute Gasteiger partial charge is 0.488 e. The Bertz CT molecular complexity index is 2120. The summed E-state index contributed by atoms with van der Waals surface area (Å²) in [5.41, 5.74) is 11.5. The molecule has 0 aromatic heterocycles. The Hall–Kier alpha value is -5.57. The molecular weight excluding hydrogens is 757 g/mol. The van der Waals surface area contributed by atoms with Crippen LogP contribution in [0.3, 0.4) is 0 Å². The standard InChI is InChI=1S/C45H53N4O10/c1-6-22-56-45(54)42-35(28(3)41-39(43(52)47(41)42)29(4)44(53)59-58-23-7-2)27-57-36-12-8-11-31-34(25-38(51)55-5)33-24-30(13-14-32(33)40(31)36)10-9-15-48-16-19-49(20-17-48,21-18-48)26-37(46)50/h6-8,11-14,24-25,28-29,39,41H,1-2,9-10,15-23,26-27H2,3-5H3,(H-,46,50)/q+1/p+1/t28-,29?,39?,41?,48?,49?/m0/s1. The van der Waals surface area contributed by atoms with Crippen molar-refractivity contribution in [3.63, 3.8) is 0 Å². The van der Waals surface area contributed by atoms with E-state index in [1.165, 1.54) is 30.2 Å². The quantitative estimate of drug-likeness (QED) is 0.0295. The summed E-state index contributed by atoms with van der Waals surface area (Å²) in [6.45, 7) is 18.2. The molecule has 2 bridgehead atoms. The highest BCUT2D eigenvalue weighted by Crippen LogP contribution is 2.51. The molecular formula is C45H54N4O10+2. The van der Waals surface area contributed by atoms with E-state index in [-0.39, 0.29) is 37.3 Å². The Morgan fingerprint density at radius 3 is 2.36 bits per heavy atom. The summed E-state index contributed by atoms with van der Waals surface area (Å²) < 4.78 is 19.0. The number of primary amides is 1. The van der Waals surface area contributed by atoms with Crippen molar-refractivity contribution in [3.8, 4) is 16.9 Å². The molecule has 4 fully saturated rings. The van der Waals surface area contributed by atoms with Gasteiger partial charge in [-0.15, -0.1) is 6.58 Å². The number of aryl methyl sites for hydroxylation is 1. The molecule has 1 aliphatic carbocycles. The molecule has 312 valence electrons. The van der Waals surface area contributed by atoms with Gasteiger partial charge in [-0.2, -0.15) is 4.89 Å². The SMILES string of the molecule is C=CCOOC(=O)C(C)C1C(=O)N2C(C(=O)OCC=C)=C(COc3cccc4c3-c3ccc(CCC[N+]56CC[N+](CC(N)=O)(CC5)CC6)cc3C4=CC(=O)OC)[C@H](C)C12. The summed E-state index contributed by atoms with van der Waals surface area (Å²) in [5, 5.41) is 0. The van der Waals surface area contributed by atoms with Crippen molar-refractivity contribution in [2.24, 2.45) is 23.5 Å². The normalized spacial score (nSPS) is 26.0. The lowest BCUT2D eigenvalue weighted by atomic mass is 9.74. The highest BCUT2D eigenvalue weighted by molar-refractivity contribution is 6.08. The summed E-state index contributed by atoms with van der Waals surface area (Å²) in [7, 11) is 1.35. The molecule has 3 unspecified atom stereocenters. The molecule has 0 saturated carbocycles. The summed E-state index contributed by atoms with van der Waals surface area (Å²) >= 11 is 0. The first-order chi connectivity index (χ1) is 28.4. The number of amides is 2. The van der Waals surface area contributed by atoms with Crippen molar-refractivity contribution < 1.29 is 56.9 Å². The number of β-lactam (4-membered cyclic amide) rings is 1. The summed E-state index contributed by atoms with van der Waals surface area (Å²) in [6.07, 6.45) is 6.26. The molecule has 2 N–H and O–H groups in total.